The molecule has 1 aliphatic rings. The highest BCUT2D eigenvalue weighted by atomic mass is 79.9. The Hall–Kier alpha value is -1.86. The predicted octanol–water partition coefficient (Wildman–Crippen LogP) is 2.49. The Morgan fingerprint density at radius 1 is 1.39 bits per heavy atom. The lowest BCUT2D eigenvalue weighted by Gasteiger charge is -2.31. The third kappa shape index (κ3) is 3.92. The zero-order chi connectivity index (χ0) is 15.5. The quantitative estimate of drug-likeness (QED) is 0.839. The summed E-state index contributed by atoms with van der Waals surface area (Å²) in [6, 6.07) is 7.04. The molecule has 1 aliphatic heterocycles. The minimum atomic E-state index is -0.0780. The number of aromatic hydroxyl groups is 1. The summed E-state index contributed by atoms with van der Waals surface area (Å²) in [5, 5.41) is 12.8. The van der Waals surface area contributed by atoms with Crippen molar-refractivity contribution in [1.29, 1.82) is 0 Å². The van der Waals surface area contributed by atoms with E-state index < -0.39 is 0 Å². The lowest BCUT2D eigenvalue weighted by molar-refractivity contribution is 0.178. The summed E-state index contributed by atoms with van der Waals surface area (Å²) in [4.78, 5) is 18.6. The number of nitrogens with one attached hydrogen (secondary N) is 1. The number of imidazole rings is 1. The maximum absolute atomic E-state index is 12.5. The molecule has 0 spiro atoms. The molecule has 6 nitrogen and oxygen atoms in total. The zero-order valence-electron chi connectivity index (χ0n) is 13.0. The van der Waals surface area contributed by atoms with Crippen LogP contribution in [0.2, 0.25) is 0 Å². The number of halogens is 1. The molecule has 0 atom stereocenters. The van der Waals surface area contributed by atoms with E-state index in [4.69, 9.17) is 0 Å². The molecule has 0 saturated carbocycles. The number of amides is 1. The first-order valence-electron chi connectivity index (χ1n) is 7.46. The first-order chi connectivity index (χ1) is 10.6. The van der Waals surface area contributed by atoms with Gasteiger partial charge in [-0.05, 0) is 38.1 Å². The van der Waals surface area contributed by atoms with Crippen molar-refractivity contribution >= 4 is 23.0 Å². The van der Waals surface area contributed by atoms with Gasteiger partial charge in [-0.1, -0.05) is 12.1 Å². The molecule has 0 radical (unpaired) electrons. The molecule has 0 aliphatic carbocycles. The molecule has 1 saturated heterocycles. The molecule has 0 bridgehead atoms. The normalized spacial score (nSPS) is 15.0. The van der Waals surface area contributed by atoms with Crippen molar-refractivity contribution in [1.82, 2.24) is 19.8 Å². The van der Waals surface area contributed by atoms with E-state index in [1.54, 1.807) is 29.3 Å². The van der Waals surface area contributed by atoms with Crippen LogP contribution in [0.3, 0.4) is 0 Å². The summed E-state index contributed by atoms with van der Waals surface area (Å²) in [5.74, 6) is 0.185. The molecule has 0 unspecified atom stereocenters. The summed E-state index contributed by atoms with van der Waals surface area (Å²) in [5.41, 5.74) is 1.46. The van der Waals surface area contributed by atoms with Gasteiger partial charge in [0.1, 0.15) is 12.1 Å². The van der Waals surface area contributed by atoms with E-state index in [0.29, 0.717) is 5.69 Å². The number of phenols is 1. The van der Waals surface area contributed by atoms with Crippen LogP contribution < -0.4 is 5.32 Å². The Kier molecular flexibility index (Phi) is 5.79. The standard InChI is InChI=1S/C16H20N4O2.BrH/c1-19(13-5-7-17-8-6-13)16(22)20-10-15(18-11-20)12-3-2-4-14(21)9-12;/h2-4,9-11,13,17,21H,5-8H2,1H3;1H. The fourth-order valence-electron chi connectivity index (χ4n) is 2.77. The number of hydrogen-bond donors (Lipinski definition) is 2. The van der Waals surface area contributed by atoms with Crippen molar-refractivity contribution in [2.75, 3.05) is 20.1 Å². The highest BCUT2D eigenvalue weighted by Crippen LogP contribution is 2.21. The number of hydrogen-bond acceptors (Lipinski definition) is 4. The molecule has 23 heavy (non-hydrogen) atoms. The van der Waals surface area contributed by atoms with E-state index >= 15 is 0 Å². The zero-order valence-corrected chi connectivity index (χ0v) is 14.7. The Bertz CT molecular complexity index is 668. The van der Waals surface area contributed by atoms with Crippen molar-refractivity contribution < 1.29 is 9.90 Å². The molecule has 1 aromatic carbocycles. The molecular formula is C16H21BrN4O2. The van der Waals surface area contributed by atoms with Gasteiger partial charge < -0.3 is 15.3 Å². The predicted molar refractivity (Wildman–Crippen MR) is 94.1 cm³/mol. The number of benzene rings is 1. The number of aromatic nitrogens is 2. The highest BCUT2D eigenvalue weighted by Gasteiger charge is 2.23. The van der Waals surface area contributed by atoms with Crippen LogP contribution in [0.15, 0.2) is 36.8 Å². The minimum Gasteiger partial charge on any atom is -0.508 e. The van der Waals surface area contributed by atoms with Gasteiger partial charge in [0, 0.05) is 24.8 Å². The smallest absolute Gasteiger partial charge is 0.329 e. The molecule has 2 N–H and O–H groups in total. The number of carbonyl (C=O) groups excluding carboxylic acids is 1. The van der Waals surface area contributed by atoms with Gasteiger partial charge in [-0.25, -0.2) is 9.78 Å². The van der Waals surface area contributed by atoms with Crippen LogP contribution in [0.1, 0.15) is 12.8 Å². The Labute approximate surface area is 145 Å². The number of carbonyl (C=O) groups is 1. The maximum Gasteiger partial charge on any atom is 0.329 e. The number of nitrogens with zero attached hydrogens (tertiary/aromatic N) is 3. The molecule has 124 valence electrons. The van der Waals surface area contributed by atoms with Crippen LogP contribution >= 0.6 is 17.0 Å². The van der Waals surface area contributed by atoms with E-state index in [9.17, 15) is 9.90 Å². The molecular weight excluding hydrogens is 360 g/mol. The Morgan fingerprint density at radius 2 is 2.13 bits per heavy atom. The lowest BCUT2D eigenvalue weighted by Crippen LogP contribution is -2.45. The van der Waals surface area contributed by atoms with Crippen molar-refractivity contribution in [2.24, 2.45) is 0 Å². The van der Waals surface area contributed by atoms with Gasteiger partial charge in [0.25, 0.3) is 0 Å². The average Bonchev–Trinajstić information content (AvgIpc) is 3.04. The first-order valence-corrected chi connectivity index (χ1v) is 7.46. The molecule has 1 fully saturated rings. The number of piperidine rings is 1. The summed E-state index contributed by atoms with van der Waals surface area (Å²) < 4.78 is 1.50. The van der Waals surface area contributed by atoms with Crippen LogP contribution in [-0.2, 0) is 0 Å². The fraction of sp³-hybridized carbons (Fsp3) is 0.375. The number of phenolic OH excluding ortho intramolecular Hbond substituents is 1. The van der Waals surface area contributed by atoms with Gasteiger partial charge in [0.05, 0.1) is 5.69 Å². The Morgan fingerprint density at radius 3 is 2.83 bits per heavy atom. The van der Waals surface area contributed by atoms with Crippen molar-refractivity contribution in [3.63, 3.8) is 0 Å². The second kappa shape index (κ2) is 7.61. The van der Waals surface area contributed by atoms with Crippen molar-refractivity contribution in [2.45, 2.75) is 18.9 Å². The molecule has 1 aromatic heterocycles. The van der Waals surface area contributed by atoms with Gasteiger partial charge in [0.2, 0.25) is 0 Å². The van der Waals surface area contributed by atoms with Gasteiger partial charge >= 0.3 is 6.03 Å². The minimum absolute atomic E-state index is 0. The maximum atomic E-state index is 12.5. The van der Waals surface area contributed by atoms with Crippen LogP contribution in [0.25, 0.3) is 11.3 Å². The third-order valence-corrected chi connectivity index (χ3v) is 4.10. The van der Waals surface area contributed by atoms with E-state index in [-0.39, 0.29) is 34.8 Å². The van der Waals surface area contributed by atoms with Gasteiger partial charge in [-0.3, -0.25) is 4.57 Å². The largest absolute Gasteiger partial charge is 0.508 e. The summed E-state index contributed by atoms with van der Waals surface area (Å²) in [6.45, 7) is 1.89. The van der Waals surface area contributed by atoms with Crippen molar-refractivity contribution in [3.8, 4) is 17.0 Å². The summed E-state index contributed by atoms with van der Waals surface area (Å²) >= 11 is 0. The second-order valence-electron chi connectivity index (χ2n) is 5.59. The van der Waals surface area contributed by atoms with E-state index in [1.807, 2.05) is 13.1 Å². The van der Waals surface area contributed by atoms with Gasteiger partial charge in [-0.15, -0.1) is 17.0 Å². The Balaban J connectivity index is 0.00000192. The molecule has 7 heteroatoms. The van der Waals surface area contributed by atoms with Crippen LogP contribution in [0.5, 0.6) is 5.75 Å². The fourth-order valence-corrected chi connectivity index (χ4v) is 2.77. The molecule has 3 rings (SSSR count). The lowest BCUT2D eigenvalue weighted by atomic mass is 10.1. The SMILES string of the molecule is Br.CN(C(=O)n1cnc(-c2cccc(O)c2)c1)C1CCNCC1. The van der Waals surface area contributed by atoms with Gasteiger partial charge in [0.15, 0.2) is 0 Å². The highest BCUT2D eigenvalue weighted by molar-refractivity contribution is 8.93. The third-order valence-electron chi connectivity index (χ3n) is 4.10. The average molecular weight is 381 g/mol. The van der Waals surface area contributed by atoms with Crippen molar-refractivity contribution in [3.05, 3.63) is 36.8 Å². The van der Waals surface area contributed by atoms with E-state index in [1.165, 1.54) is 10.9 Å². The van der Waals surface area contributed by atoms with Crippen LogP contribution in [0, 0.1) is 0 Å². The van der Waals surface area contributed by atoms with Crippen LogP contribution in [0.4, 0.5) is 4.79 Å². The molecule has 2 heterocycles. The summed E-state index contributed by atoms with van der Waals surface area (Å²) in [6.07, 6.45) is 5.17. The molecule has 1 amide bonds. The van der Waals surface area contributed by atoms with Crippen LogP contribution in [-0.4, -0.2) is 51.8 Å². The van der Waals surface area contributed by atoms with E-state index in [0.717, 1.165) is 31.5 Å². The first kappa shape index (κ1) is 17.5. The van der Waals surface area contributed by atoms with Gasteiger partial charge in [-0.2, -0.15) is 0 Å². The summed E-state index contributed by atoms with van der Waals surface area (Å²) in [7, 11) is 1.84. The molecule has 2 aromatic rings. The number of rotatable bonds is 2. The topological polar surface area (TPSA) is 70.4 Å². The second-order valence-corrected chi connectivity index (χ2v) is 5.59. The van der Waals surface area contributed by atoms with E-state index in [2.05, 4.69) is 10.3 Å². The monoisotopic (exact) mass is 380 g/mol.